The van der Waals surface area contributed by atoms with E-state index in [1.54, 1.807) is 6.07 Å². The number of halogens is 1. The molecule has 0 heterocycles. The molecule has 0 radical (unpaired) electrons. The smallest absolute Gasteiger partial charge is 0.537 e. The number of phenols is 1. The van der Waals surface area contributed by atoms with Crippen molar-refractivity contribution < 1.29 is 29.8 Å². The van der Waals surface area contributed by atoms with Gasteiger partial charge >= 0.3 is 18.9 Å². The van der Waals surface area contributed by atoms with Gasteiger partial charge in [-0.2, -0.15) is 6.42 Å². The molecule has 6 heteroatoms. The van der Waals surface area contributed by atoms with Crippen LogP contribution in [0.4, 0.5) is 0 Å². The van der Waals surface area contributed by atoms with Gasteiger partial charge in [0.25, 0.3) is 9.04 Å². The second-order valence-electron chi connectivity index (χ2n) is 10.4. The Bertz CT molecular complexity index is 1600. The van der Waals surface area contributed by atoms with Crippen LogP contribution >= 0.6 is 15.9 Å². The third-order valence-electron chi connectivity index (χ3n) is 7.15. The molecular weight excluding hydrogens is 667 g/mol. The topological polar surface area (TPSA) is 29.5 Å². The summed E-state index contributed by atoms with van der Waals surface area (Å²) in [6, 6.07) is 57.7. The normalized spacial score (nSPS) is 9.89. The van der Waals surface area contributed by atoms with Gasteiger partial charge in [0.05, 0.1) is 4.47 Å². The van der Waals surface area contributed by atoms with E-state index in [9.17, 15) is 5.11 Å². The molecule has 0 aliphatic heterocycles. The van der Waals surface area contributed by atoms with E-state index >= 15 is 0 Å². The molecule has 2 nitrogen and oxygen atoms in total. The van der Waals surface area contributed by atoms with E-state index in [1.807, 2.05) is 66.7 Å². The maximum Gasteiger partial charge on any atom is 1.00 e. The van der Waals surface area contributed by atoms with Gasteiger partial charge in [0.15, 0.2) is 0 Å². The monoisotopic (exact) mass is 713 g/mol. The quantitative estimate of drug-likeness (QED) is 0.143. The van der Waals surface area contributed by atoms with Crippen molar-refractivity contribution in [2.45, 2.75) is 27.2 Å². The predicted molar refractivity (Wildman–Crippen MR) is 210 cm³/mol. The molecule has 47 heavy (non-hydrogen) atoms. The molecule has 0 aliphatic rings. The molecule has 0 unspecified atom stereocenters. The number of phenolic OH excluding ortho intramolecular Hbond substituents is 1. The van der Waals surface area contributed by atoms with Gasteiger partial charge in [-0.1, -0.05) is 183 Å². The van der Waals surface area contributed by atoms with Crippen molar-refractivity contribution in [1.29, 1.82) is 0 Å². The van der Waals surface area contributed by atoms with Crippen LogP contribution in [0.5, 0.6) is 11.5 Å². The number of unbranched alkanes of at least 4 members (excludes halogenated alkanes) is 1. The Balaban J connectivity index is 0.000000409. The Morgan fingerprint density at radius 3 is 1.36 bits per heavy atom. The maximum atomic E-state index is 10.2. The van der Waals surface area contributed by atoms with Crippen molar-refractivity contribution in [1.82, 2.24) is 0 Å². The van der Waals surface area contributed by atoms with Crippen LogP contribution in [0, 0.1) is 6.92 Å². The largest absolute Gasteiger partial charge is 1.00 e. The zero-order chi connectivity index (χ0) is 31.7. The van der Waals surface area contributed by atoms with Crippen LogP contribution in [0.25, 0.3) is 0 Å². The van der Waals surface area contributed by atoms with Gasteiger partial charge in [-0.05, 0) is 49.7 Å². The van der Waals surface area contributed by atoms with Gasteiger partial charge in [0.1, 0.15) is 20.3 Å². The van der Waals surface area contributed by atoms with Gasteiger partial charge < -0.3 is 16.5 Å². The summed E-state index contributed by atoms with van der Waals surface area (Å²) in [6.07, 6.45) is 2.28. The third-order valence-corrected chi connectivity index (χ3v) is 13.5. The van der Waals surface area contributed by atoms with Crippen LogP contribution in [-0.4, -0.2) is 22.9 Å². The Hall–Kier alpha value is -3.57. The van der Waals surface area contributed by atoms with E-state index < -0.39 is 17.8 Å². The summed E-state index contributed by atoms with van der Waals surface area (Å²) in [6.45, 7) is 5.72. The summed E-state index contributed by atoms with van der Waals surface area (Å²) in [5, 5.41) is 16.5. The summed E-state index contributed by atoms with van der Waals surface area (Å²) in [4.78, 5) is 0. The Labute approximate surface area is 307 Å². The fourth-order valence-corrected chi connectivity index (χ4v) is 10.6. The zero-order valence-electron chi connectivity index (χ0n) is 26.7. The standard InChI is InChI=1S/C18H15BrOSi.C18H16OSi.C4H9.CH4.Li.H2/c19-17-13-7-8-14-18(17)20-21(15-9-3-1-4-10-15)16-11-5-2-6-12-16;19-17-13-7-8-14-18(17)20(15-9-3-1-4-10-15)16-11-5-2-6-12-16;1-3-4-2;;;/h1-14,21H;1-14,19-20H;1,3-4H2,2H3;1H4;;1H/q;;-1;;+1;/i;;;;;1+1. The second kappa shape index (κ2) is 22.1. The molecule has 0 amide bonds. The summed E-state index contributed by atoms with van der Waals surface area (Å²) in [5.74, 6) is 1.30. The zero-order valence-corrected chi connectivity index (χ0v) is 30.6. The number of benzene rings is 6. The molecule has 0 bridgehead atoms. The summed E-state index contributed by atoms with van der Waals surface area (Å²) < 4.78 is 7.40. The molecule has 1 N–H and O–H groups in total. The molecule has 0 aliphatic carbocycles. The van der Waals surface area contributed by atoms with Crippen LogP contribution in [0.3, 0.4) is 0 Å². The molecule has 6 aromatic rings. The minimum absolute atomic E-state index is 0. The molecule has 0 atom stereocenters. The van der Waals surface area contributed by atoms with E-state index in [4.69, 9.17) is 4.43 Å². The number of hydrogen-bond donors (Lipinski definition) is 1. The summed E-state index contributed by atoms with van der Waals surface area (Å²) in [5.41, 5.74) is 0. The first-order chi connectivity index (χ1) is 22.1. The molecule has 0 saturated heterocycles. The fraction of sp³-hybridized carbons (Fsp3) is 0.0976. The summed E-state index contributed by atoms with van der Waals surface area (Å²) >= 11 is 3.57. The van der Waals surface area contributed by atoms with Gasteiger partial charge in [0.2, 0.25) is 0 Å². The molecule has 0 fully saturated rings. The minimum Gasteiger partial charge on any atom is -0.537 e. The molecule has 0 spiro atoms. The first kappa shape index (κ1) is 39.6. The van der Waals surface area contributed by atoms with E-state index in [0.29, 0.717) is 5.75 Å². The molecule has 6 rings (SSSR count). The average molecular weight is 715 g/mol. The van der Waals surface area contributed by atoms with E-state index in [2.05, 4.69) is 127 Å². The third kappa shape index (κ3) is 12.2. The van der Waals surface area contributed by atoms with E-state index in [0.717, 1.165) is 21.8 Å². The SMILES string of the molecule is Brc1ccccc1O[SiH](c1ccccc1)c1ccccc1.C.Oc1ccccc1[SiH](c1ccccc1)c1ccccc1.[2HH].[CH2-]CCC.[Li+]. The number of hydrogen-bond acceptors (Lipinski definition) is 2. The van der Waals surface area contributed by atoms with Gasteiger partial charge in [0, 0.05) is 1.43 Å². The molecular formula is C41H46BrLiO2Si2. The maximum absolute atomic E-state index is 10.2. The fourth-order valence-electron chi connectivity index (χ4n) is 4.83. The minimum atomic E-state index is -1.74. The van der Waals surface area contributed by atoms with Crippen molar-refractivity contribution in [2.75, 3.05) is 0 Å². The number of aromatic hydroxyl groups is 1. The number of para-hydroxylation sites is 2. The van der Waals surface area contributed by atoms with E-state index in [-0.39, 0.29) is 27.7 Å². The van der Waals surface area contributed by atoms with Crippen LogP contribution in [0.1, 0.15) is 28.6 Å². The Kier molecular flexibility index (Phi) is 18.6. The van der Waals surface area contributed by atoms with Crippen molar-refractivity contribution in [3.05, 3.63) is 181 Å². The predicted octanol–water partition coefficient (Wildman–Crippen LogP) is 4.51. The molecule has 6 aromatic carbocycles. The van der Waals surface area contributed by atoms with Crippen molar-refractivity contribution in [3.8, 4) is 11.5 Å². The van der Waals surface area contributed by atoms with Gasteiger partial charge in [-0.3, -0.25) is 0 Å². The van der Waals surface area contributed by atoms with Crippen LogP contribution in [0.15, 0.2) is 174 Å². The van der Waals surface area contributed by atoms with E-state index in [1.165, 1.54) is 27.2 Å². The van der Waals surface area contributed by atoms with Crippen molar-refractivity contribution in [2.24, 2.45) is 0 Å². The van der Waals surface area contributed by atoms with Crippen LogP contribution < -0.4 is 49.2 Å². The van der Waals surface area contributed by atoms with Gasteiger partial charge in [-0.25, -0.2) is 0 Å². The average Bonchev–Trinajstić information content (AvgIpc) is 3.11. The van der Waals surface area contributed by atoms with Gasteiger partial charge in [-0.15, -0.1) is 0 Å². The summed E-state index contributed by atoms with van der Waals surface area (Å²) in [7, 11) is -3.33. The molecule has 0 aromatic heterocycles. The second-order valence-corrected chi connectivity index (χ2v) is 16.4. The van der Waals surface area contributed by atoms with Crippen molar-refractivity contribution in [3.63, 3.8) is 0 Å². The van der Waals surface area contributed by atoms with Crippen molar-refractivity contribution >= 4 is 59.7 Å². The Morgan fingerprint density at radius 2 is 0.957 bits per heavy atom. The molecule has 0 saturated carbocycles. The van der Waals surface area contributed by atoms with Crippen LogP contribution in [-0.2, 0) is 0 Å². The first-order valence-electron chi connectivity index (χ1n) is 15.3. The number of rotatable bonds is 8. The Morgan fingerprint density at radius 1 is 0.596 bits per heavy atom. The van der Waals surface area contributed by atoms with Crippen LogP contribution in [0.2, 0.25) is 0 Å². The first-order valence-corrected chi connectivity index (χ1v) is 19.5. The molecule has 238 valence electrons.